The van der Waals surface area contributed by atoms with Crippen LogP contribution in [-0.4, -0.2) is 38.0 Å². The maximum absolute atomic E-state index is 11.8. The van der Waals surface area contributed by atoms with Crippen molar-refractivity contribution >= 4 is 5.97 Å². The molecule has 1 N–H and O–H groups in total. The van der Waals surface area contributed by atoms with Crippen molar-refractivity contribution in [1.82, 2.24) is 0 Å². The first-order valence-corrected chi connectivity index (χ1v) is 7.74. The summed E-state index contributed by atoms with van der Waals surface area (Å²) < 4.78 is 10.3. The minimum atomic E-state index is -0.495. The molecule has 0 heterocycles. The average Bonchev–Trinajstić information content (AvgIpc) is 2.45. The van der Waals surface area contributed by atoms with E-state index < -0.39 is 5.41 Å². The van der Waals surface area contributed by atoms with Gasteiger partial charge in [-0.1, -0.05) is 39.5 Å². The van der Waals surface area contributed by atoms with Gasteiger partial charge in [-0.25, -0.2) is 0 Å². The molecule has 1 aliphatic rings. The SMILES string of the molecule is COCC(C)(CO)COC(=O)CCC1CCC(C)CC1. The number of hydrogen-bond acceptors (Lipinski definition) is 4. The summed E-state index contributed by atoms with van der Waals surface area (Å²) in [4.78, 5) is 11.8. The summed E-state index contributed by atoms with van der Waals surface area (Å²) in [7, 11) is 1.58. The summed E-state index contributed by atoms with van der Waals surface area (Å²) in [6, 6.07) is 0. The lowest BCUT2D eigenvalue weighted by molar-refractivity contribution is -0.149. The maximum atomic E-state index is 11.8. The molecule has 1 aliphatic carbocycles. The summed E-state index contributed by atoms with van der Waals surface area (Å²) in [5.74, 6) is 1.37. The quantitative estimate of drug-likeness (QED) is 0.697. The highest BCUT2D eigenvalue weighted by atomic mass is 16.5. The molecule has 1 unspecified atom stereocenters. The zero-order chi connectivity index (χ0) is 15.0. The molecule has 0 spiro atoms. The van der Waals surface area contributed by atoms with E-state index in [2.05, 4.69) is 6.92 Å². The Morgan fingerprint density at radius 3 is 2.45 bits per heavy atom. The van der Waals surface area contributed by atoms with Crippen molar-refractivity contribution in [1.29, 1.82) is 0 Å². The molecule has 0 aromatic rings. The van der Waals surface area contributed by atoms with Gasteiger partial charge < -0.3 is 14.6 Å². The van der Waals surface area contributed by atoms with E-state index in [9.17, 15) is 9.90 Å². The molecule has 1 atom stereocenters. The third kappa shape index (κ3) is 6.23. The predicted molar refractivity (Wildman–Crippen MR) is 78.4 cm³/mol. The summed E-state index contributed by atoms with van der Waals surface area (Å²) in [6.45, 7) is 4.71. The van der Waals surface area contributed by atoms with Crippen LogP contribution in [0.1, 0.15) is 52.4 Å². The standard InChI is InChI=1S/C16H30O4/c1-13-4-6-14(7-5-13)8-9-15(18)20-12-16(2,10-17)11-19-3/h13-14,17H,4-12H2,1-3H3. The van der Waals surface area contributed by atoms with Crippen LogP contribution in [-0.2, 0) is 14.3 Å². The highest BCUT2D eigenvalue weighted by Crippen LogP contribution is 2.31. The van der Waals surface area contributed by atoms with Gasteiger partial charge in [-0.2, -0.15) is 0 Å². The molecule has 20 heavy (non-hydrogen) atoms. The van der Waals surface area contributed by atoms with Crippen LogP contribution in [0.4, 0.5) is 0 Å². The van der Waals surface area contributed by atoms with Gasteiger partial charge in [-0.05, 0) is 18.3 Å². The normalized spacial score (nSPS) is 26.0. The van der Waals surface area contributed by atoms with E-state index in [1.807, 2.05) is 6.92 Å². The second kappa shape index (κ2) is 8.63. The van der Waals surface area contributed by atoms with Crippen molar-refractivity contribution in [3.05, 3.63) is 0 Å². The Labute approximate surface area is 122 Å². The van der Waals surface area contributed by atoms with Crippen LogP contribution in [0.3, 0.4) is 0 Å². The van der Waals surface area contributed by atoms with Gasteiger partial charge in [-0.15, -0.1) is 0 Å². The molecule has 0 amide bonds. The van der Waals surface area contributed by atoms with E-state index in [-0.39, 0.29) is 19.2 Å². The average molecular weight is 286 g/mol. The predicted octanol–water partition coefficient (Wildman–Crippen LogP) is 2.78. The van der Waals surface area contributed by atoms with Crippen molar-refractivity contribution in [2.75, 3.05) is 26.9 Å². The van der Waals surface area contributed by atoms with Crippen molar-refractivity contribution < 1.29 is 19.4 Å². The first kappa shape index (κ1) is 17.4. The minimum absolute atomic E-state index is 0.0470. The van der Waals surface area contributed by atoms with Crippen LogP contribution in [0.5, 0.6) is 0 Å². The summed E-state index contributed by atoms with van der Waals surface area (Å²) in [5, 5.41) is 9.32. The fourth-order valence-corrected chi connectivity index (χ4v) is 2.75. The number of hydrogen-bond donors (Lipinski definition) is 1. The van der Waals surface area contributed by atoms with E-state index >= 15 is 0 Å². The number of aliphatic hydroxyl groups excluding tert-OH is 1. The lowest BCUT2D eigenvalue weighted by atomic mass is 9.81. The molecule has 1 fully saturated rings. The molecular formula is C16H30O4. The van der Waals surface area contributed by atoms with Crippen LogP contribution in [0, 0.1) is 17.3 Å². The molecule has 118 valence electrons. The van der Waals surface area contributed by atoms with Crippen LogP contribution < -0.4 is 0 Å². The zero-order valence-electron chi connectivity index (χ0n) is 13.2. The molecule has 0 radical (unpaired) electrons. The lowest BCUT2D eigenvalue weighted by Gasteiger charge is -2.27. The summed E-state index contributed by atoms with van der Waals surface area (Å²) in [5.41, 5.74) is -0.495. The van der Waals surface area contributed by atoms with Crippen LogP contribution >= 0.6 is 0 Å². The number of aliphatic hydroxyl groups is 1. The van der Waals surface area contributed by atoms with Crippen LogP contribution in [0.25, 0.3) is 0 Å². The Morgan fingerprint density at radius 2 is 1.90 bits per heavy atom. The maximum Gasteiger partial charge on any atom is 0.305 e. The Balaban J connectivity index is 2.20. The number of methoxy groups -OCH3 is 1. The molecule has 0 aromatic heterocycles. The van der Waals surface area contributed by atoms with E-state index in [0.717, 1.165) is 12.3 Å². The first-order chi connectivity index (χ1) is 9.49. The number of esters is 1. The van der Waals surface area contributed by atoms with E-state index in [4.69, 9.17) is 9.47 Å². The molecule has 1 saturated carbocycles. The summed E-state index contributed by atoms with van der Waals surface area (Å²) >= 11 is 0. The highest BCUT2D eigenvalue weighted by Gasteiger charge is 2.26. The van der Waals surface area contributed by atoms with E-state index in [1.54, 1.807) is 7.11 Å². The highest BCUT2D eigenvalue weighted by molar-refractivity contribution is 5.69. The number of carbonyl (C=O) groups excluding carboxylic acids is 1. The monoisotopic (exact) mass is 286 g/mol. The Bertz CT molecular complexity index is 284. The molecule has 4 heteroatoms. The fourth-order valence-electron chi connectivity index (χ4n) is 2.75. The molecule has 0 saturated heterocycles. The van der Waals surface area contributed by atoms with Crippen LogP contribution in [0.2, 0.25) is 0 Å². The third-order valence-corrected chi connectivity index (χ3v) is 4.35. The number of carbonyl (C=O) groups is 1. The molecule has 4 nitrogen and oxygen atoms in total. The molecule has 0 aliphatic heterocycles. The van der Waals surface area contributed by atoms with Gasteiger partial charge in [0.15, 0.2) is 0 Å². The minimum Gasteiger partial charge on any atom is -0.465 e. The Morgan fingerprint density at radius 1 is 1.25 bits per heavy atom. The van der Waals surface area contributed by atoms with Crippen molar-refractivity contribution in [3.8, 4) is 0 Å². The second-order valence-corrected chi connectivity index (χ2v) is 6.73. The molecular weight excluding hydrogens is 256 g/mol. The van der Waals surface area contributed by atoms with Gasteiger partial charge >= 0.3 is 5.97 Å². The van der Waals surface area contributed by atoms with Gasteiger partial charge in [0.2, 0.25) is 0 Å². The zero-order valence-corrected chi connectivity index (χ0v) is 13.2. The van der Waals surface area contributed by atoms with Gasteiger partial charge in [0.05, 0.1) is 13.2 Å². The number of rotatable bonds is 8. The molecule has 0 aromatic carbocycles. The Hall–Kier alpha value is -0.610. The number of ether oxygens (including phenoxy) is 2. The van der Waals surface area contributed by atoms with Crippen molar-refractivity contribution in [2.45, 2.75) is 52.4 Å². The van der Waals surface area contributed by atoms with Gasteiger partial charge in [0, 0.05) is 18.9 Å². The van der Waals surface area contributed by atoms with E-state index in [1.165, 1.54) is 25.7 Å². The van der Waals surface area contributed by atoms with E-state index in [0.29, 0.717) is 18.9 Å². The van der Waals surface area contributed by atoms with Crippen molar-refractivity contribution in [3.63, 3.8) is 0 Å². The lowest BCUT2D eigenvalue weighted by Crippen LogP contribution is -2.33. The fraction of sp³-hybridized carbons (Fsp3) is 0.938. The van der Waals surface area contributed by atoms with Gasteiger partial charge in [-0.3, -0.25) is 4.79 Å². The topological polar surface area (TPSA) is 55.8 Å². The Kier molecular flexibility index (Phi) is 7.52. The van der Waals surface area contributed by atoms with Crippen LogP contribution in [0.15, 0.2) is 0 Å². The smallest absolute Gasteiger partial charge is 0.305 e. The first-order valence-electron chi connectivity index (χ1n) is 7.74. The second-order valence-electron chi connectivity index (χ2n) is 6.73. The summed E-state index contributed by atoms with van der Waals surface area (Å²) in [6.07, 6.45) is 6.49. The van der Waals surface area contributed by atoms with Gasteiger partial charge in [0.25, 0.3) is 0 Å². The molecule has 1 rings (SSSR count). The third-order valence-electron chi connectivity index (χ3n) is 4.35. The van der Waals surface area contributed by atoms with Gasteiger partial charge in [0.1, 0.15) is 6.61 Å². The van der Waals surface area contributed by atoms with Crippen molar-refractivity contribution in [2.24, 2.45) is 17.3 Å². The molecule has 0 bridgehead atoms. The largest absolute Gasteiger partial charge is 0.465 e.